The standard InChI is InChI=1S/C7H17N.C6H15N.C5H13N/c1-6(2)5-7(3,4)8;1-6(2)4-5-7-3;1-5(2)3-4-6/h6H,5,8H2,1-4H3;6-7H,4-5H2,1-3H3;5H,3-4,6H2,1-2H3. The smallest absolute Gasteiger partial charge is 0.00994 e. The molecule has 0 aromatic rings. The third kappa shape index (κ3) is 45.0. The Morgan fingerprint density at radius 2 is 1.29 bits per heavy atom. The van der Waals surface area contributed by atoms with Crippen molar-refractivity contribution in [2.24, 2.45) is 29.2 Å². The maximum atomic E-state index is 5.74. The summed E-state index contributed by atoms with van der Waals surface area (Å²) in [5.74, 6) is 2.33. The number of nitrogens with two attached hydrogens (primary N) is 2. The molecule has 3 nitrogen and oxygen atoms in total. The summed E-state index contributed by atoms with van der Waals surface area (Å²) < 4.78 is 0. The van der Waals surface area contributed by atoms with Gasteiger partial charge in [-0.15, -0.1) is 0 Å². The van der Waals surface area contributed by atoms with E-state index >= 15 is 0 Å². The van der Waals surface area contributed by atoms with Crippen molar-refractivity contribution in [1.29, 1.82) is 0 Å². The van der Waals surface area contributed by atoms with Gasteiger partial charge in [-0.1, -0.05) is 41.5 Å². The second kappa shape index (κ2) is 16.3. The quantitative estimate of drug-likeness (QED) is 0.666. The summed E-state index contributed by atoms with van der Waals surface area (Å²) in [6.07, 6.45) is 3.55. The SMILES string of the molecule is CC(C)CC(C)(C)N.CC(C)CCN.CNCCC(C)C. The Balaban J connectivity index is -0.000000234. The monoisotopic (exact) mass is 303 g/mol. The molecular weight excluding hydrogens is 258 g/mol. The van der Waals surface area contributed by atoms with Gasteiger partial charge in [0.1, 0.15) is 0 Å². The van der Waals surface area contributed by atoms with E-state index in [1.165, 1.54) is 6.42 Å². The fourth-order valence-corrected chi connectivity index (χ4v) is 1.82. The van der Waals surface area contributed by atoms with Gasteiger partial charge >= 0.3 is 0 Å². The summed E-state index contributed by atoms with van der Waals surface area (Å²) >= 11 is 0. The predicted octanol–water partition coefficient (Wildman–Crippen LogP) is 4.01. The third-order valence-electron chi connectivity index (χ3n) is 2.65. The first-order valence-corrected chi connectivity index (χ1v) is 8.59. The molecule has 0 unspecified atom stereocenters. The van der Waals surface area contributed by atoms with Crippen LogP contribution < -0.4 is 16.8 Å². The van der Waals surface area contributed by atoms with Gasteiger partial charge in [-0.2, -0.15) is 0 Å². The van der Waals surface area contributed by atoms with Gasteiger partial charge in [-0.25, -0.2) is 0 Å². The highest BCUT2D eigenvalue weighted by Crippen LogP contribution is 2.11. The van der Waals surface area contributed by atoms with Crippen molar-refractivity contribution in [3.05, 3.63) is 0 Å². The zero-order chi connectivity index (χ0) is 17.5. The Hall–Kier alpha value is -0.120. The lowest BCUT2D eigenvalue weighted by atomic mass is 9.94. The first-order valence-electron chi connectivity index (χ1n) is 8.59. The van der Waals surface area contributed by atoms with Crippen molar-refractivity contribution in [1.82, 2.24) is 5.32 Å². The Morgan fingerprint density at radius 3 is 1.33 bits per heavy atom. The Labute approximate surface area is 135 Å². The molecule has 0 fully saturated rings. The first kappa shape index (κ1) is 25.8. The summed E-state index contributed by atoms with van der Waals surface area (Å²) in [4.78, 5) is 0. The van der Waals surface area contributed by atoms with Crippen molar-refractivity contribution in [3.8, 4) is 0 Å². The molecule has 0 spiro atoms. The molecule has 0 saturated carbocycles. The molecule has 0 aromatic heterocycles. The van der Waals surface area contributed by atoms with E-state index in [-0.39, 0.29) is 5.54 Å². The van der Waals surface area contributed by atoms with Gasteiger partial charge in [0, 0.05) is 5.54 Å². The minimum absolute atomic E-state index is 0.0220. The van der Waals surface area contributed by atoms with Crippen LogP contribution in [0.15, 0.2) is 0 Å². The highest BCUT2D eigenvalue weighted by Gasteiger charge is 2.11. The first-order chi connectivity index (χ1) is 9.46. The average molecular weight is 304 g/mol. The topological polar surface area (TPSA) is 64.1 Å². The van der Waals surface area contributed by atoms with E-state index in [0.717, 1.165) is 43.7 Å². The molecule has 0 bridgehead atoms. The van der Waals surface area contributed by atoms with E-state index in [9.17, 15) is 0 Å². The molecule has 0 heterocycles. The second-order valence-corrected chi connectivity index (χ2v) is 7.84. The van der Waals surface area contributed by atoms with E-state index in [4.69, 9.17) is 11.5 Å². The van der Waals surface area contributed by atoms with Gasteiger partial charge in [0.25, 0.3) is 0 Å². The minimum atomic E-state index is 0.0220. The van der Waals surface area contributed by atoms with Crippen LogP contribution in [0, 0.1) is 17.8 Å². The van der Waals surface area contributed by atoms with Crippen molar-refractivity contribution < 1.29 is 0 Å². The van der Waals surface area contributed by atoms with Crippen molar-refractivity contribution in [3.63, 3.8) is 0 Å². The van der Waals surface area contributed by atoms with E-state index < -0.39 is 0 Å². The van der Waals surface area contributed by atoms with Crippen molar-refractivity contribution in [2.45, 2.75) is 80.2 Å². The summed E-state index contributed by atoms with van der Waals surface area (Å²) in [7, 11) is 1.99. The van der Waals surface area contributed by atoms with Gasteiger partial charge in [-0.05, 0) is 71.0 Å². The molecule has 0 aliphatic heterocycles. The molecule has 5 N–H and O–H groups in total. The maximum absolute atomic E-state index is 5.74. The number of hydrogen-bond acceptors (Lipinski definition) is 3. The van der Waals surface area contributed by atoms with E-state index in [1.54, 1.807) is 0 Å². The molecule has 0 saturated heterocycles. The van der Waals surface area contributed by atoms with Crippen molar-refractivity contribution in [2.75, 3.05) is 20.1 Å². The van der Waals surface area contributed by atoms with E-state index in [0.29, 0.717) is 0 Å². The van der Waals surface area contributed by atoms with Gasteiger partial charge in [-0.3, -0.25) is 0 Å². The number of hydrogen-bond donors (Lipinski definition) is 3. The predicted molar refractivity (Wildman–Crippen MR) is 99.6 cm³/mol. The van der Waals surface area contributed by atoms with Crippen LogP contribution in [0.2, 0.25) is 0 Å². The number of nitrogens with one attached hydrogen (secondary N) is 1. The molecule has 3 heteroatoms. The zero-order valence-electron chi connectivity index (χ0n) is 16.4. The highest BCUT2D eigenvalue weighted by atomic mass is 14.8. The molecule has 132 valence electrons. The van der Waals surface area contributed by atoms with Crippen LogP contribution >= 0.6 is 0 Å². The van der Waals surface area contributed by atoms with Gasteiger partial charge < -0.3 is 16.8 Å². The van der Waals surface area contributed by atoms with Crippen LogP contribution in [0.25, 0.3) is 0 Å². The summed E-state index contributed by atoms with van der Waals surface area (Å²) in [6, 6.07) is 0. The fourth-order valence-electron chi connectivity index (χ4n) is 1.82. The van der Waals surface area contributed by atoms with Gasteiger partial charge in [0.05, 0.1) is 0 Å². The van der Waals surface area contributed by atoms with Crippen LogP contribution in [-0.2, 0) is 0 Å². The van der Waals surface area contributed by atoms with Gasteiger partial charge in [0.15, 0.2) is 0 Å². The molecule has 21 heavy (non-hydrogen) atoms. The van der Waals surface area contributed by atoms with Crippen LogP contribution in [-0.4, -0.2) is 25.7 Å². The number of rotatable bonds is 7. The lowest BCUT2D eigenvalue weighted by molar-refractivity contribution is 0.400. The molecule has 0 amide bonds. The molecular formula is C18H45N3. The Morgan fingerprint density at radius 1 is 0.857 bits per heavy atom. The molecule has 0 aliphatic rings. The zero-order valence-corrected chi connectivity index (χ0v) is 16.4. The lowest BCUT2D eigenvalue weighted by Crippen LogP contribution is -2.33. The van der Waals surface area contributed by atoms with Crippen LogP contribution in [0.3, 0.4) is 0 Å². The third-order valence-corrected chi connectivity index (χ3v) is 2.65. The minimum Gasteiger partial charge on any atom is -0.330 e. The second-order valence-electron chi connectivity index (χ2n) is 7.84. The lowest BCUT2D eigenvalue weighted by Gasteiger charge is -2.20. The van der Waals surface area contributed by atoms with Crippen LogP contribution in [0.5, 0.6) is 0 Å². The van der Waals surface area contributed by atoms with Crippen LogP contribution in [0.1, 0.15) is 74.7 Å². The summed E-state index contributed by atoms with van der Waals surface area (Å²) in [5, 5.41) is 3.10. The molecule has 0 aliphatic carbocycles. The molecule has 0 rings (SSSR count). The summed E-state index contributed by atoms with van der Waals surface area (Å²) in [6.45, 7) is 19.3. The van der Waals surface area contributed by atoms with Crippen LogP contribution in [0.4, 0.5) is 0 Å². The molecule has 0 radical (unpaired) electrons. The Kier molecular flexibility index (Phi) is 20.0. The fraction of sp³-hybridized carbons (Fsp3) is 1.00. The van der Waals surface area contributed by atoms with E-state index in [2.05, 4.69) is 60.7 Å². The normalized spacial score (nSPS) is 11.1. The molecule has 0 atom stereocenters. The maximum Gasteiger partial charge on any atom is 0.00994 e. The van der Waals surface area contributed by atoms with Crippen molar-refractivity contribution >= 4 is 0 Å². The Bertz CT molecular complexity index is 181. The summed E-state index contributed by atoms with van der Waals surface area (Å²) in [5.41, 5.74) is 11.0. The average Bonchev–Trinajstić information content (AvgIpc) is 2.24. The van der Waals surface area contributed by atoms with E-state index in [1.807, 2.05) is 7.05 Å². The van der Waals surface area contributed by atoms with Gasteiger partial charge in [0.2, 0.25) is 0 Å². The largest absolute Gasteiger partial charge is 0.330 e. The highest BCUT2D eigenvalue weighted by molar-refractivity contribution is 4.72. The molecule has 0 aromatic carbocycles.